The van der Waals surface area contributed by atoms with Crippen LogP contribution in [0.15, 0.2) is 30.6 Å². The minimum Gasteiger partial charge on any atom is -0.437 e. The number of hydrogen-bond acceptors (Lipinski definition) is 4. The Kier molecular flexibility index (Phi) is 3.02. The first kappa shape index (κ1) is 14.3. The van der Waals surface area contributed by atoms with Crippen molar-refractivity contribution in [1.82, 2.24) is 14.4 Å². The normalized spacial score (nSPS) is 19.1. The summed E-state index contributed by atoms with van der Waals surface area (Å²) in [4.78, 5) is 28.8. The summed E-state index contributed by atoms with van der Waals surface area (Å²) in [6, 6.07) is 5.81. The van der Waals surface area contributed by atoms with Crippen LogP contribution in [0.3, 0.4) is 0 Å². The Bertz CT molecular complexity index is 775. The van der Waals surface area contributed by atoms with Crippen LogP contribution < -0.4 is 0 Å². The number of amides is 2. The summed E-state index contributed by atoms with van der Waals surface area (Å²) in [5, 5.41) is 0.930. The van der Waals surface area contributed by atoms with Crippen LogP contribution in [0.5, 0.6) is 0 Å². The number of likely N-dealkylation sites (tertiary alicyclic amines) is 1. The van der Waals surface area contributed by atoms with Crippen molar-refractivity contribution in [2.24, 2.45) is 0 Å². The zero-order chi connectivity index (χ0) is 16.2. The predicted octanol–water partition coefficient (Wildman–Crippen LogP) is 2.12. The van der Waals surface area contributed by atoms with Gasteiger partial charge in [-0.2, -0.15) is 0 Å². The molecule has 7 heteroatoms. The van der Waals surface area contributed by atoms with Crippen LogP contribution in [0.25, 0.3) is 5.00 Å². The number of aromatic nitrogens is 1. The van der Waals surface area contributed by atoms with Crippen molar-refractivity contribution in [2.75, 3.05) is 26.7 Å². The Morgan fingerprint density at radius 1 is 1.26 bits per heavy atom. The van der Waals surface area contributed by atoms with E-state index in [1.54, 1.807) is 28.2 Å². The largest absolute Gasteiger partial charge is 0.437 e. The Balaban J connectivity index is 1.55. The average Bonchev–Trinajstić information content (AvgIpc) is 3.16. The second kappa shape index (κ2) is 4.86. The van der Waals surface area contributed by atoms with Gasteiger partial charge in [-0.05, 0) is 25.1 Å². The smallest absolute Gasteiger partial charge is 0.410 e. The number of nitrogens with zero attached hydrogens (tertiary/aromatic N) is 3. The topological polar surface area (TPSA) is 54.8 Å². The van der Waals surface area contributed by atoms with Crippen LogP contribution in [-0.4, -0.2) is 58.7 Å². The highest BCUT2D eigenvalue weighted by atomic mass is 32.1. The van der Waals surface area contributed by atoms with E-state index >= 15 is 0 Å². The van der Waals surface area contributed by atoms with Crippen molar-refractivity contribution in [1.29, 1.82) is 0 Å². The predicted molar refractivity (Wildman–Crippen MR) is 86.1 cm³/mol. The van der Waals surface area contributed by atoms with Crippen molar-refractivity contribution in [3.63, 3.8) is 0 Å². The molecule has 2 amide bonds. The van der Waals surface area contributed by atoms with Gasteiger partial charge in [0, 0.05) is 24.3 Å². The van der Waals surface area contributed by atoms with Crippen molar-refractivity contribution in [2.45, 2.75) is 12.5 Å². The monoisotopic (exact) mass is 331 g/mol. The van der Waals surface area contributed by atoms with Gasteiger partial charge >= 0.3 is 6.09 Å². The van der Waals surface area contributed by atoms with Crippen LogP contribution in [0, 0.1) is 6.92 Å². The van der Waals surface area contributed by atoms with Crippen molar-refractivity contribution in [3.05, 3.63) is 41.0 Å². The lowest BCUT2D eigenvalue weighted by Crippen LogP contribution is -2.65. The highest BCUT2D eigenvalue weighted by Gasteiger charge is 2.54. The summed E-state index contributed by atoms with van der Waals surface area (Å²) in [6.07, 6.45) is 3.57. The van der Waals surface area contributed by atoms with E-state index in [0.29, 0.717) is 25.2 Å². The van der Waals surface area contributed by atoms with E-state index in [0.717, 1.165) is 9.88 Å². The van der Waals surface area contributed by atoms with Gasteiger partial charge in [0.15, 0.2) is 5.60 Å². The van der Waals surface area contributed by atoms with Crippen molar-refractivity contribution >= 4 is 23.3 Å². The number of carbonyl (C=O) groups is 2. The Hall–Kier alpha value is -2.28. The molecule has 0 aromatic carbocycles. The van der Waals surface area contributed by atoms with Crippen LogP contribution in [0.4, 0.5) is 4.79 Å². The molecule has 2 saturated heterocycles. The summed E-state index contributed by atoms with van der Waals surface area (Å²) < 4.78 is 7.37. The average molecular weight is 331 g/mol. The molecule has 2 fully saturated rings. The number of thiophene rings is 1. The van der Waals surface area contributed by atoms with Gasteiger partial charge < -0.3 is 19.1 Å². The molecular weight excluding hydrogens is 314 g/mol. The molecular formula is C16H17N3O3S. The number of aryl methyl sites for hydroxylation is 1. The number of rotatable bonds is 2. The van der Waals surface area contributed by atoms with Gasteiger partial charge in [-0.25, -0.2) is 4.79 Å². The van der Waals surface area contributed by atoms with Crippen molar-refractivity contribution in [3.8, 4) is 5.00 Å². The maximum atomic E-state index is 12.8. The summed E-state index contributed by atoms with van der Waals surface area (Å²) in [5.41, 5.74) is 0.191. The fourth-order valence-electron chi connectivity index (χ4n) is 3.24. The van der Waals surface area contributed by atoms with E-state index < -0.39 is 5.60 Å². The Morgan fingerprint density at radius 3 is 2.57 bits per heavy atom. The van der Waals surface area contributed by atoms with E-state index in [1.807, 2.05) is 42.1 Å². The van der Waals surface area contributed by atoms with Crippen LogP contribution >= 0.6 is 11.3 Å². The molecule has 0 atom stereocenters. The SMILES string of the molecule is Cc1cc(C(=O)N2CC3(CN(C)C(=O)O3)C2)c(-n2cccc2)s1. The zero-order valence-corrected chi connectivity index (χ0v) is 13.8. The third kappa shape index (κ3) is 2.23. The van der Waals surface area contributed by atoms with Gasteiger partial charge in [0.1, 0.15) is 5.00 Å². The molecule has 0 unspecified atom stereocenters. The summed E-state index contributed by atoms with van der Waals surface area (Å²) >= 11 is 1.60. The van der Waals surface area contributed by atoms with Gasteiger partial charge in [-0.3, -0.25) is 4.79 Å². The molecule has 120 valence electrons. The molecule has 4 heterocycles. The lowest BCUT2D eigenvalue weighted by Gasteiger charge is -2.45. The molecule has 23 heavy (non-hydrogen) atoms. The molecule has 0 bridgehead atoms. The van der Waals surface area contributed by atoms with Gasteiger partial charge in [-0.15, -0.1) is 11.3 Å². The van der Waals surface area contributed by atoms with Gasteiger partial charge in [0.2, 0.25) is 0 Å². The van der Waals surface area contributed by atoms with Crippen LogP contribution in [0.2, 0.25) is 0 Å². The summed E-state index contributed by atoms with van der Waals surface area (Å²) in [7, 11) is 1.72. The third-order valence-corrected chi connectivity index (χ3v) is 5.36. The molecule has 2 aromatic heterocycles. The molecule has 0 saturated carbocycles. The maximum Gasteiger partial charge on any atom is 0.410 e. The quantitative estimate of drug-likeness (QED) is 0.847. The number of hydrogen-bond donors (Lipinski definition) is 0. The van der Waals surface area contributed by atoms with E-state index in [1.165, 1.54) is 0 Å². The zero-order valence-electron chi connectivity index (χ0n) is 13.0. The van der Waals surface area contributed by atoms with Crippen LogP contribution in [0.1, 0.15) is 15.2 Å². The van der Waals surface area contributed by atoms with E-state index in [-0.39, 0.29) is 12.0 Å². The van der Waals surface area contributed by atoms with Crippen molar-refractivity contribution < 1.29 is 14.3 Å². The number of ether oxygens (including phenoxy) is 1. The molecule has 1 spiro atoms. The molecule has 6 nitrogen and oxygen atoms in total. The Morgan fingerprint density at radius 2 is 1.96 bits per heavy atom. The van der Waals surface area contributed by atoms with E-state index in [9.17, 15) is 9.59 Å². The van der Waals surface area contributed by atoms with E-state index in [4.69, 9.17) is 4.74 Å². The first-order valence-electron chi connectivity index (χ1n) is 7.45. The fraction of sp³-hybridized carbons (Fsp3) is 0.375. The van der Waals surface area contributed by atoms with E-state index in [2.05, 4.69) is 0 Å². The lowest BCUT2D eigenvalue weighted by molar-refractivity contribution is -0.0581. The van der Waals surface area contributed by atoms with Gasteiger partial charge in [0.05, 0.1) is 25.2 Å². The molecule has 2 aliphatic rings. The number of carbonyl (C=O) groups excluding carboxylic acids is 2. The lowest BCUT2D eigenvalue weighted by atomic mass is 9.93. The highest BCUT2D eigenvalue weighted by Crippen LogP contribution is 2.35. The van der Waals surface area contributed by atoms with Crippen LogP contribution in [-0.2, 0) is 4.74 Å². The molecule has 2 aliphatic heterocycles. The van der Waals surface area contributed by atoms with Gasteiger partial charge in [-0.1, -0.05) is 0 Å². The maximum absolute atomic E-state index is 12.8. The second-order valence-electron chi connectivity index (χ2n) is 6.23. The second-order valence-corrected chi connectivity index (χ2v) is 7.47. The third-order valence-electron chi connectivity index (χ3n) is 4.29. The summed E-state index contributed by atoms with van der Waals surface area (Å²) in [6.45, 7) is 3.46. The number of likely N-dealkylation sites (N-methyl/N-ethyl adjacent to an activating group) is 1. The Labute approximate surface area is 137 Å². The molecule has 2 aromatic rings. The summed E-state index contributed by atoms with van der Waals surface area (Å²) in [5.74, 6) is -0.00530. The fourth-order valence-corrected chi connectivity index (χ4v) is 4.20. The molecule has 0 N–H and O–H groups in total. The highest BCUT2D eigenvalue weighted by molar-refractivity contribution is 7.14. The minimum absolute atomic E-state index is 0.00530. The molecule has 4 rings (SSSR count). The first-order chi connectivity index (χ1) is 11.0. The standard InChI is InChI=1S/C16H17N3O3S/c1-11-7-12(14(23-11)18-5-3-4-6-18)13(20)19-9-16(10-19)8-17(2)15(21)22-16/h3-7H,8-10H2,1-2H3. The minimum atomic E-state index is -0.514. The molecule has 0 radical (unpaired) electrons. The molecule has 0 aliphatic carbocycles. The van der Waals surface area contributed by atoms with Gasteiger partial charge in [0.25, 0.3) is 5.91 Å². The first-order valence-corrected chi connectivity index (χ1v) is 8.26.